The van der Waals surface area contributed by atoms with Gasteiger partial charge in [-0.1, -0.05) is 12.1 Å². The SMILES string of the molecule is CC(C)(C(=O)Cc1cnccc1N)c1ccc(F)cc1. The van der Waals surface area contributed by atoms with Gasteiger partial charge < -0.3 is 5.73 Å². The lowest BCUT2D eigenvalue weighted by Gasteiger charge is -2.24. The number of hydrogen-bond acceptors (Lipinski definition) is 3. The van der Waals surface area contributed by atoms with Gasteiger partial charge in [-0.05, 0) is 37.6 Å². The van der Waals surface area contributed by atoms with Crippen LogP contribution in [0.5, 0.6) is 0 Å². The van der Waals surface area contributed by atoms with Crippen molar-refractivity contribution in [3.63, 3.8) is 0 Å². The van der Waals surface area contributed by atoms with Crippen molar-refractivity contribution in [3.8, 4) is 0 Å². The Morgan fingerprint density at radius 1 is 1.25 bits per heavy atom. The lowest BCUT2D eigenvalue weighted by Crippen LogP contribution is -2.30. The maximum Gasteiger partial charge on any atom is 0.147 e. The number of nitrogens with two attached hydrogens (primary N) is 1. The number of halogens is 1. The van der Waals surface area contributed by atoms with Gasteiger partial charge in [-0.2, -0.15) is 0 Å². The molecule has 2 N–H and O–H groups in total. The van der Waals surface area contributed by atoms with Crippen LogP contribution in [0.15, 0.2) is 42.7 Å². The molecular weight excluding hydrogens is 255 g/mol. The standard InChI is InChI=1S/C16H17FN2O/c1-16(2,12-3-5-13(17)6-4-12)15(20)9-11-10-19-8-7-14(11)18/h3-8,10H,9H2,1-2H3,(H2,18,19). The molecule has 1 heterocycles. The number of pyridine rings is 1. The van der Waals surface area contributed by atoms with Crippen LogP contribution < -0.4 is 5.73 Å². The molecule has 0 aliphatic heterocycles. The van der Waals surface area contributed by atoms with Crippen LogP contribution in [0.2, 0.25) is 0 Å². The first-order chi connectivity index (χ1) is 9.41. The van der Waals surface area contributed by atoms with Crippen molar-refractivity contribution in [3.05, 3.63) is 59.7 Å². The summed E-state index contributed by atoms with van der Waals surface area (Å²) in [5.41, 5.74) is 7.19. The van der Waals surface area contributed by atoms with Crippen molar-refractivity contribution >= 4 is 11.5 Å². The average molecular weight is 272 g/mol. The highest BCUT2D eigenvalue weighted by molar-refractivity contribution is 5.91. The topological polar surface area (TPSA) is 56.0 Å². The molecule has 104 valence electrons. The predicted octanol–water partition coefficient (Wildman–Crippen LogP) is 2.89. The van der Waals surface area contributed by atoms with Crippen molar-refractivity contribution in [2.45, 2.75) is 25.7 Å². The normalized spacial score (nSPS) is 11.3. The maximum absolute atomic E-state index is 13.0. The molecule has 0 unspecified atom stereocenters. The molecule has 20 heavy (non-hydrogen) atoms. The second-order valence-electron chi connectivity index (χ2n) is 5.31. The zero-order chi connectivity index (χ0) is 14.8. The van der Waals surface area contributed by atoms with Crippen molar-refractivity contribution in [2.75, 3.05) is 5.73 Å². The molecule has 3 nitrogen and oxygen atoms in total. The molecule has 0 bridgehead atoms. The predicted molar refractivity (Wildman–Crippen MR) is 76.8 cm³/mol. The summed E-state index contributed by atoms with van der Waals surface area (Å²) < 4.78 is 13.0. The Hall–Kier alpha value is -2.23. The largest absolute Gasteiger partial charge is 0.398 e. The van der Waals surface area contributed by atoms with Crippen LogP contribution in [0.25, 0.3) is 0 Å². The Kier molecular flexibility index (Phi) is 3.84. The molecule has 4 heteroatoms. The number of nitrogen functional groups attached to an aromatic ring is 1. The molecule has 0 aliphatic rings. The van der Waals surface area contributed by atoms with E-state index in [1.807, 2.05) is 13.8 Å². The highest BCUT2D eigenvalue weighted by Crippen LogP contribution is 2.26. The van der Waals surface area contributed by atoms with Crippen molar-refractivity contribution in [2.24, 2.45) is 0 Å². The van der Waals surface area contributed by atoms with Gasteiger partial charge >= 0.3 is 0 Å². The van der Waals surface area contributed by atoms with Gasteiger partial charge in [-0.25, -0.2) is 4.39 Å². The smallest absolute Gasteiger partial charge is 0.147 e. The van der Waals surface area contributed by atoms with Gasteiger partial charge in [0.2, 0.25) is 0 Å². The number of anilines is 1. The second-order valence-corrected chi connectivity index (χ2v) is 5.31. The van der Waals surface area contributed by atoms with E-state index in [0.29, 0.717) is 11.3 Å². The van der Waals surface area contributed by atoms with Crippen LogP contribution in [0.4, 0.5) is 10.1 Å². The van der Waals surface area contributed by atoms with Crippen LogP contribution in [-0.4, -0.2) is 10.8 Å². The number of rotatable bonds is 4. The fourth-order valence-electron chi connectivity index (χ4n) is 2.01. The summed E-state index contributed by atoms with van der Waals surface area (Å²) in [6, 6.07) is 7.68. The van der Waals surface area contributed by atoms with Gasteiger partial charge in [0.25, 0.3) is 0 Å². The monoisotopic (exact) mass is 272 g/mol. The van der Waals surface area contributed by atoms with Gasteiger partial charge in [0.1, 0.15) is 11.6 Å². The summed E-state index contributed by atoms with van der Waals surface area (Å²) in [5, 5.41) is 0. The van der Waals surface area contributed by atoms with Crippen LogP contribution in [-0.2, 0) is 16.6 Å². The van der Waals surface area contributed by atoms with Crippen molar-refractivity contribution in [1.29, 1.82) is 0 Å². The molecule has 1 aromatic heterocycles. The number of carbonyl (C=O) groups is 1. The fraction of sp³-hybridized carbons (Fsp3) is 0.250. The van der Waals surface area contributed by atoms with Gasteiger partial charge in [0.15, 0.2) is 0 Å². The Morgan fingerprint density at radius 2 is 1.90 bits per heavy atom. The first-order valence-corrected chi connectivity index (χ1v) is 6.39. The number of benzene rings is 1. The van der Waals surface area contributed by atoms with Crippen LogP contribution in [0.1, 0.15) is 25.0 Å². The van der Waals surface area contributed by atoms with E-state index in [2.05, 4.69) is 4.98 Å². The van der Waals surface area contributed by atoms with Crippen LogP contribution in [0, 0.1) is 5.82 Å². The van der Waals surface area contributed by atoms with Gasteiger partial charge in [-0.3, -0.25) is 9.78 Å². The van der Waals surface area contributed by atoms with Gasteiger partial charge in [0, 0.05) is 35.5 Å². The molecule has 0 aliphatic carbocycles. The Bertz CT molecular complexity index is 621. The van der Waals surface area contributed by atoms with E-state index in [0.717, 1.165) is 5.56 Å². The highest BCUT2D eigenvalue weighted by atomic mass is 19.1. The molecule has 0 atom stereocenters. The molecule has 2 aromatic rings. The quantitative estimate of drug-likeness (QED) is 0.931. The molecule has 0 spiro atoms. The minimum Gasteiger partial charge on any atom is -0.398 e. The third-order valence-corrected chi connectivity index (χ3v) is 3.56. The number of Topliss-reactive ketones (excluding diaryl/α,β-unsaturated/α-hetero) is 1. The highest BCUT2D eigenvalue weighted by Gasteiger charge is 2.29. The molecule has 0 radical (unpaired) electrons. The summed E-state index contributed by atoms with van der Waals surface area (Å²) in [6.45, 7) is 3.66. The zero-order valence-corrected chi connectivity index (χ0v) is 11.6. The van der Waals surface area contributed by atoms with E-state index in [1.165, 1.54) is 12.1 Å². The minimum absolute atomic E-state index is 0.0174. The molecule has 2 rings (SSSR count). The average Bonchev–Trinajstić information content (AvgIpc) is 2.41. The molecule has 0 fully saturated rings. The van der Waals surface area contributed by atoms with Gasteiger partial charge in [-0.15, -0.1) is 0 Å². The number of hydrogen-bond donors (Lipinski definition) is 1. The number of aromatic nitrogens is 1. The third-order valence-electron chi connectivity index (χ3n) is 3.56. The second kappa shape index (κ2) is 5.41. The Morgan fingerprint density at radius 3 is 2.50 bits per heavy atom. The molecule has 0 saturated heterocycles. The fourth-order valence-corrected chi connectivity index (χ4v) is 2.01. The number of carbonyl (C=O) groups excluding carboxylic acids is 1. The lowest BCUT2D eigenvalue weighted by atomic mass is 9.78. The summed E-state index contributed by atoms with van der Waals surface area (Å²) >= 11 is 0. The van der Waals surface area contributed by atoms with Crippen molar-refractivity contribution < 1.29 is 9.18 Å². The summed E-state index contributed by atoms with van der Waals surface area (Å²) in [4.78, 5) is 16.5. The van der Waals surface area contributed by atoms with Gasteiger partial charge in [0.05, 0.1) is 0 Å². The van der Waals surface area contributed by atoms with E-state index in [9.17, 15) is 9.18 Å². The molecule has 0 amide bonds. The van der Waals surface area contributed by atoms with E-state index < -0.39 is 5.41 Å². The minimum atomic E-state index is -0.698. The van der Waals surface area contributed by atoms with Crippen LogP contribution in [0.3, 0.4) is 0 Å². The molecule has 1 aromatic carbocycles. The Labute approximate surface area is 117 Å². The van der Waals surface area contributed by atoms with E-state index in [4.69, 9.17) is 5.73 Å². The van der Waals surface area contributed by atoms with Crippen molar-refractivity contribution in [1.82, 2.24) is 4.98 Å². The first-order valence-electron chi connectivity index (χ1n) is 6.39. The molecule has 0 saturated carbocycles. The number of ketones is 1. The molecular formula is C16H17FN2O. The van der Waals surface area contributed by atoms with E-state index in [1.54, 1.807) is 30.6 Å². The van der Waals surface area contributed by atoms with Crippen LogP contribution >= 0.6 is 0 Å². The first kappa shape index (κ1) is 14.2. The zero-order valence-electron chi connectivity index (χ0n) is 11.6. The number of nitrogens with zero attached hydrogens (tertiary/aromatic N) is 1. The van der Waals surface area contributed by atoms with E-state index >= 15 is 0 Å². The Balaban J connectivity index is 2.23. The maximum atomic E-state index is 13.0. The summed E-state index contributed by atoms with van der Waals surface area (Å²) in [5.74, 6) is -0.294. The third kappa shape index (κ3) is 2.85. The summed E-state index contributed by atoms with van der Waals surface area (Å²) in [7, 11) is 0. The lowest BCUT2D eigenvalue weighted by molar-refractivity contribution is -0.122. The van der Waals surface area contributed by atoms with E-state index in [-0.39, 0.29) is 18.0 Å². The summed E-state index contributed by atoms with van der Waals surface area (Å²) in [6.07, 6.45) is 3.41.